The Labute approximate surface area is 156 Å². The molecule has 0 N–H and O–H groups in total. The lowest BCUT2D eigenvalue weighted by atomic mass is 10.2. The van der Waals surface area contributed by atoms with Gasteiger partial charge in [-0.3, -0.25) is 4.79 Å². The van der Waals surface area contributed by atoms with Gasteiger partial charge in [0.1, 0.15) is 5.03 Å². The first kappa shape index (κ1) is 19.5. The highest BCUT2D eigenvalue weighted by Gasteiger charge is 2.26. The van der Waals surface area contributed by atoms with Crippen LogP contribution in [0.25, 0.3) is 0 Å². The summed E-state index contributed by atoms with van der Waals surface area (Å²) < 4.78 is 5.36. The van der Waals surface area contributed by atoms with Crippen LogP contribution in [0.4, 0.5) is 5.69 Å². The van der Waals surface area contributed by atoms with E-state index >= 15 is 0 Å². The van der Waals surface area contributed by atoms with E-state index in [9.17, 15) is 9.59 Å². The van der Waals surface area contributed by atoms with Crippen LogP contribution in [0, 0.1) is 11.3 Å². The Morgan fingerprint density at radius 1 is 1.27 bits per heavy atom. The number of anilines is 1. The number of esters is 1. The van der Waals surface area contributed by atoms with Crippen LogP contribution in [0.2, 0.25) is 0 Å². The minimum Gasteiger partial charge on any atom is -0.449 e. The highest BCUT2D eigenvalue weighted by Crippen LogP contribution is 2.20. The van der Waals surface area contributed by atoms with Crippen molar-refractivity contribution in [2.24, 2.45) is 0 Å². The molecule has 0 saturated carbocycles. The number of aromatic nitrogens is 1. The number of benzene rings is 1. The van der Waals surface area contributed by atoms with Crippen molar-refractivity contribution in [3.05, 3.63) is 54.2 Å². The molecule has 2 rings (SSSR count). The van der Waals surface area contributed by atoms with Gasteiger partial charge in [0.25, 0.3) is 5.91 Å². The Bertz CT molecular complexity index is 805. The van der Waals surface area contributed by atoms with Gasteiger partial charge in [0.2, 0.25) is 0 Å². The minimum absolute atomic E-state index is 0.181. The van der Waals surface area contributed by atoms with Crippen LogP contribution in [0.5, 0.6) is 0 Å². The molecule has 134 valence electrons. The van der Waals surface area contributed by atoms with Crippen LogP contribution in [-0.4, -0.2) is 35.8 Å². The third-order valence-electron chi connectivity index (χ3n) is 3.60. The smallest absolute Gasteiger partial charge is 0.341 e. The maximum Gasteiger partial charge on any atom is 0.341 e. The molecule has 0 saturated heterocycles. The standard InChI is InChI=1S/C19H19N3O3S/c1-14(25-19(24)16-10-6-12-21-17(16)26-2)18(23)22(13-7-11-20)15-8-4-3-5-9-15/h3-6,8-10,12,14H,7,13H2,1-2H3/t14-/m1/s1. The van der Waals surface area contributed by atoms with Crippen molar-refractivity contribution >= 4 is 29.3 Å². The van der Waals surface area contributed by atoms with Crippen molar-refractivity contribution in [1.82, 2.24) is 4.98 Å². The molecule has 1 amide bonds. The summed E-state index contributed by atoms with van der Waals surface area (Å²) in [5, 5.41) is 9.39. The molecule has 0 fully saturated rings. The Kier molecular flexibility index (Phi) is 7.18. The second kappa shape index (κ2) is 9.59. The molecule has 0 radical (unpaired) electrons. The number of pyridine rings is 1. The van der Waals surface area contributed by atoms with Gasteiger partial charge in [-0.15, -0.1) is 11.8 Å². The molecule has 0 aliphatic heterocycles. The monoisotopic (exact) mass is 369 g/mol. The summed E-state index contributed by atoms with van der Waals surface area (Å²) in [4.78, 5) is 30.8. The van der Waals surface area contributed by atoms with Gasteiger partial charge in [-0.1, -0.05) is 18.2 Å². The normalized spacial score (nSPS) is 11.3. The van der Waals surface area contributed by atoms with Crippen LogP contribution in [0.15, 0.2) is 53.7 Å². The molecule has 1 heterocycles. The molecule has 7 heteroatoms. The molecule has 0 aliphatic rings. The van der Waals surface area contributed by atoms with Crippen LogP contribution >= 0.6 is 11.8 Å². The molecule has 1 aromatic heterocycles. The fourth-order valence-electron chi connectivity index (χ4n) is 2.34. The van der Waals surface area contributed by atoms with E-state index in [0.717, 1.165) is 0 Å². The van der Waals surface area contributed by atoms with Gasteiger partial charge in [0.05, 0.1) is 18.1 Å². The molecule has 0 aliphatic carbocycles. The number of hydrogen-bond donors (Lipinski definition) is 0. The number of nitrogens with zero attached hydrogens (tertiary/aromatic N) is 3. The van der Waals surface area contributed by atoms with E-state index in [1.165, 1.54) is 23.6 Å². The Morgan fingerprint density at radius 2 is 2.00 bits per heavy atom. The number of ether oxygens (including phenoxy) is 1. The van der Waals surface area contributed by atoms with E-state index in [1.54, 1.807) is 42.6 Å². The zero-order valence-corrected chi connectivity index (χ0v) is 15.4. The first-order valence-electron chi connectivity index (χ1n) is 8.01. The molecule has 26 heavy (non-hydrogen) atoms. The summed E-state index contributed by atoms with van der Waals surface area (Å²) in [5.74, 6) is -0.981. The average molecular weight is 369 g/mol. The summed E-state index contributed by atoms with van der Waals surface area (Å²) in [7, 11) is 0. The van der Waals surface area contributed by atoms with E-state index in [4.69, 9.17) is 10.00 Å². The van der Waals surface area contributed by atoms with E-state index in [1.807, 2.05) is 18.4 Å². The third kappa shape index (κ3) is 4.83. The summed E-state index contributed by atoms with van der Waals surface area (Å²) in [6, 6.07) is 14.3. The van der Waals surface area contributed by atoms with Gasteiger partial charge < -0.3 is 9.64 Å². The second-order valence-corrected chi connectivity index (χ2v) is 6.14. The fourth-order valence-corrected chi connectivity index (χ4v) is 2.88. The van der Waals surface area contributed by atoms with E-state index in [-0.39, 0.29) is 18.9 Å². The molecule has 0 unspecified atom stereocenters. The van der Waals surface area contributed by atoms with Gasteiger partial charge in [0.15, 0.2) is 6.10 Å². The molecule has 0 bridgehead atoms. The van der Waals surface area contributed by atoms with Crippen LogP contribution in [-0.2, 0) is 9.53 Å². The largest absolute Gasteiger partial charge is 0.449 e. The quantitative estimate of drug-likeness (QED) is 0.550. The van der Waals surface area contributed by atoms with Crippen molar-refractivity contribution in [3.8, 4) is 6.07 Å². The lowest BCUT2D eigenvalue weighted by Gasteiger charge is -2.25. The van der Waals surface area contributed by atoms with Crippen LogP contribution in [0.3, 0.4) is 0 Å². The molecule has 0 spiro atoms. The molecule has 2 aromatic rings. The predicted molar refractivity (Wildman–Crippen MR) is 99.9 cm³/mol. The predicted octanol–water partition coefficient (Wildman–Crippen LogP) is 3.30. The van der Waals surface area contributed by atoms with E-state index < -0.39 is 12.1 Å². The van der Waals surface area contributed by atoms with Crippen molar-refractivity contribution in [2.75, 3.05) is 17.7 Å². The number of thioether (sulfide) groups is 1. The zero-order valence-electron chi connectivity index (χ0n) is 14.6. The summed E-state index contributed by atoms with van der Waals surface area (Å²) >= 11 is 1.33. The SMILES string of the molecule is CSc1ncccc1C(=O)O[C@H](C)C(=O)N(CCC#N)c1ccccc1. The number of carbonyl (C=O) groups excluding carboxylic acids is 2. The number of carbonyl (C=O) groups is 2. The second-order valence-electron chi connectivity index (χ2n) is 5.34. The maximum absolute atomic E-state index is 12.8. The lowest BCUT2D eigenvalue weighted by molar-refractivity contribution is -0.126. The Morgan fingerprint density at radius 3 is 2.65 bits per heavy atom. The maximum atomic E-state index is 12.8. The summed E-state index contributed by atoms with van der Waals surface area (Å²) in [6.45, 7) is 1.75. The van der Waals surface area contributed by atoms with Crippen molar-refractivity contribution in [1.29, 1.82) is 5.26 Å². The van der Waals surface area contributed by atoms with Gasteiger partial charge in [0, 0.05) is 18.4 Å². The molecule has 6 nitrogen and oxygen atoms in total. The van der Waals surface area contributed by atoms with Crippen LogP contribution in [0.1, 0.15) is 23.7 Å². The molecular formula is C19H19N3O3S. The lowest BCUT2D eigenvalue weighted by Crippen LogP contribution is -2.40. The highest BCUT2D eigenvalue weighted by atomic mass is 32.2. The molecule has 1 atom stereocenters. The average Bonchev–Trinajstić information content (AvgIpc) is 2.68. The number of hydrogen-bond acceptors (Lipinski definition) is 6. The summed E-state index contributed by atoms with van der Waals surface area (Å²) in [6.07, 6.45) is 2.60. The topological polar surface area (TPSA) is 83.3 Å². The summed E-state index contributed by atoms with van der Waals surface area (Å²) in [5.41, 5.74) is 0.977. The Balaban J connectivity index is 2.15. The van der Waals surface area contributed by atoms with E-state index in [2.05, 4.69) is 4.98 Å². The molecule has 1 aromatic carbocycles. The number of nitriles is 1. The first-order valence-corrected chi connectivity index (χ1v) is 9.24. The van der Waals surface area contributed by atoms with Gasteiger partial charge >= 0.3 is 5.97 Å². The van der Waals surface area contributed by atoms with Crippen molar-refractivity contribution in [2.45, 2.75) is 24.5 Å². The van der Waals surface area contributed by atoms with Gasteiger partial charge in [-0.25, -0.2) is 9.78 Å². The highest BCUT2D eigenvalue weighted by molar-refractivity contribution is 7.98. The number of para-hydroxylation sites is 1. The van der Waals surface area contributed by atoms with Crippen molar-refractivity contribution in [3.63, 3.8) is 0 Å². The molecular weight excluding hydrogens is 350 g/mol. The number of amides is 1. The Hall–Kier alpha value is -2.85. The first-order chi connectivity index (χ1) is 12.6. The van der Waals surface area contributed by atoms with Crippen molar-refractivity contribution < 1.29 is 14.3 Å². The van der Waals surface area contributed by atoms with Gasteiger partial charge in [-0.2, -0.15) is 5.26 Å². The zero-order chi connectivity index (χ0) is 18.9. The van der Waals surface area contributed by atoms with Crippen LogP contribution < -0.4 is 4.90 Å². The minimum atomic E-state index is -0.990. The fraction of sp³-hybridized carbons (Fsp3) is 0.263. The third-order valence-corrected chi connectivity index (χ3v) is 4.31. The van der Waals surface area contributed by atoms with Gasteiger partial charge in [-0.05, 0) is 37.4 Å². The van der Waals surface area contributed by atoms with E-state index in [0.29, 0.717) is 16.3 Å². The number of rotatable bonds is 7.